The van der Waals surface area contributed by atoms with Gasteiger partial charge in [0.2, 0.25) is 0 Å². The summed E-state index contributed by atoms with van der Waals surface area (Å²) in [4.78, 5) is 11.1. The first-order chi connectivity index (χ1) is 8.77. The average Bonchev–Trinajstić information content (AvgIpc) is 2.41. The molecule has 0 aliphatic carbocycles. The number of rotatable bonds is 5. The van der Waals surface area contributed by atoms with Crippen molar-refractivity contribution in [3.05, 3.63) is 71.8 Å². The molecule has 0 heterocycles. The summed E-state index contributed by atoms with van der Waals surface area (Å²) in [6, 6.07) is 20.4. The molecule has 0 spiro atoms. The van der Waals surface area contributed by atoms with E-state index >= 15 is 0 Å². The Morgan fingerprint density at radius 1 is 0.944 bits per heavy atom. The van der Waals surface area contributed by atoms with E-state index in [2.05, 4.69) is 29.6 Å². The van der Waals surface area contributed by atoms with Gasteiger partial charge in [-0.3, -0.25) is 10.1 Å². The van der Waals surface area contributed by atoms with Crippen molar-refractivity contribution in [2.45, 2.75) is 13.0 Å². The van der Waals surface area contributed by atoms with Crippen LogP contribution in [0.3, 0.4) is 0 Å². The van der Waals surface area contributed by atoms with Crippen molar-refractivity contribution in [1.29, 1.82) is 0 Å². The van der Waals surface area contributed by atoms with Gasteiger partial charge in [-0.15, -0.1) is 0 Å². The lowest BCUT2D eigenvalue weighted by Crippen LogP contribution is -2.27. The smallest absolute Gasteiger partial charge is 0.143 e. The van der Waals surface area contributed by atoms with E-state index in [1.165, 1.54) is 11.1 Å². The van der Waals surface area contributed by atoms with Crippen molar-refractivity contribution in [2.24, 2.45) is 0 Å². The van der Waals surface area contributed by atoms with Crippen LogP contribution in [-0.4, -0.2) is 12.3 Å². The Balaban J connectivity index is 2.26. The fourth-order valence-corrected chi connectivity index (χ4v) is 1.96. The highest BCUT2D eigenvalue weighted by molar-refractivity contribution is 5.77. The van der Waals surface area contributed by atoms with E-state index in [4.69, 9.17) is 0 Å². The van der Waals surface area contributed by atoms with Crippen molar-refractivity contribution in [2.75, 3.05) is 6.54 Å². The Labute approximate surface area is 108 Å². The van der Waals surface area contributed by atoms with E-state index in [0.717, 1.165) is 0 Å². The quantitative estimate of drug-likeness (QED) is 0.869. The van der Waals surface area contributed by atoms with Crippen molar-refractivity contribution in [3.8, 4) is 0 Å². The molecule has 0 aromatic heterocycles. The first-order valence-electron chi connectivity index (χ1n) is 6.10. The minimum Gasteiger partial charge on any atom is -0.299 e. The number of ketones is 1. The van der Waals surface area contributed by atoms with Gasteiger partial charge in [0.1, 0.15) is 5.78 Å². The van der Waals surface area contributed by atoms with Crippen LogP contribution in [0.25, 0.3) is 0 Å². The monoisotopic (exact) mass is 239 g/mol. The summed E-state index contributed by atoms with van der Waals surface area (Å²) >= 11 is 0. The maximum atomic E-state index is 11.1. The second kappa shape index (κ2) is 6.12. The zero-order valence-electron chi connectivity index (χ0n) is 10.5. The maximum absolute atomic E-state index is 11.1. The molecule has 0 radical (unpaired) electrons. The van der Waals surface area contributed by atoms with Gasteiger partial charge in [0.25, 0.3) is 0 Å². The topological polar surface area (TPSA) is 29.1 Å². The van der Waals surface area contributed by atoms with Gasteiger partial charge in [-0.2, -0.15) is 0 Å². The van der Waals surface area contributed by atoms with Crippen molar-refractivity contribution in [3.63, 3.8) is 0 Å². The Kier molecular flexibility index (Phi) is 4.26. The van der Waals surface area contributed by atoms with Crippen molar-refractivity contribution in [1.82, 2.24) is 5.32 Å². The predicted molar refractivity (Wildman–Crippen MR) is 73.4 cm³/mol. The fourth-order valence-electron chi connectivity index (χ4n) is 1.96. The van der Waals surface area contributed by atoms with Crippen LogP contribution in [0.2, 0.25) is 0 Å². The van der Waals surface area contributed by atoms with Crippen molar-refractivity contribution >= 4 is 5.78 Å². The summed E-state index contributed by atoms with van der Waals surface area (Å²) in [7, 11) is 0. The van der Waals surface area contributed by atoms with Crippen LogP contribution in [-0.2, 0) is 4.79 Å². The van der Waals surface area contributed by atoms with Gasteiger partial charge in [-0.1, -0.05) is 60.7 Å². The van der Waals surface area contributed by atoms with Gasteiger partial charge >= 0.3 is 0 Å². The SMILES string of the molecule is CC(=O)CNC(c1ccccc1)c1ccccc1. The molecule has 0 unspecified atom stereocenters. The third kappa shape index (κ3) is 3.28. The molecule has 0 fully saturated rings. The van der Waals surface area contributed by atoms with Crippen LogP contribution in [0.5, 0.6) is 0 Å². The van der Waals surface area contributed by atoms with Gasteiger partial charge in [0.15, 0.2) is 0 Å². The average molecular weight is 239 g/mol. The van der Waals surface area contributed by atoms with Gasteiger partial charge in [0, 0.05) is 0 Å². The Morgan fingerprint density at radius 2 is 1.39 bits per heavy atom. The maximum Gasteiger partial charge on any atom is 0.143 e. The molecule has 18 heavy (non-hydrogen) atoms. The second-order valence-corrected chi connectivity index (χ2v) is 4.34. The Morgan fingerprint density at radius 3 is 1.78 bits per heavy atom. The number of hydrogen-bond donors (Lipinski definition) is 1. The summed E-state index contributed by atoms with van der Waals surface area (Å²) in [5.74, 6) is 0.145. The molecule has 2 nitrogen and oxygen atoms in total. The molecule has 0 bridgehead atoms. The van der Waals surface area contributed by atoms with Crippen LogP contribution < -0.4 is 5.32 Å². The number of carbonyl (C=O) groups excluding carboxylic acids is 1. The molecule has 1 N–H and O–H groups in total. The van der Waals surface area contributed by atoms with Gasteiger partial charge < -0.3 is 0 Å². The highest BCUT2D eigenvalue weighted by atomic mass is 16.1. The van der Waals surface area contributed by atoms with Crippen LogP contribution in [0, 0.1) is 0 Å². The van der Waals surface area contributed by atoms with Crippen molar-refractivity contribution < 1.29 is 4.79 Å². The summed E-state index contributed by atoms with van der Waals surface area (Å²) in [5, 5.41) is 3.30. The third-order valence-corrected chi connectivity index (χ3v) is 2.82. The second-order valence-electron chi connectivity index (χ2n) is 4.34. The van der Waals surface area contributed by atoms with Gasteiger partial charge in [0.05, 0.1) is 12.6 Å². The molecular weight excluding hydrogens is 222 g/mol. The highest BCUT2D eigenvalue weighted by Gasteiger charge is 2.13. The Bertz CT molecular complexity index is 454. The highest BCUT2D eigenvalue weighted by Crippen LogP contribution is 2.21. The lowest BCUT2D eigenvalue weighted by molar-refractivity contribution is -0.116. The summed E-state index contributed by atoms with van der Waals surface area (Å²) in [6.07, 6.45) is 0. The molecule has 92 valence electrons. The molecule has 0 aliphatic heterocycles. The number of hydrogen-bond acceptors (Lipinski definition) is 2. The zero-order chi connectivity index (χ0) is 12.8. The molecule has 2 rings (SSSR count). The van der Waals surface area contributed by atoms with Crippen LogP contribution in [0.1, 0.15) is 24.1 Å². The molecule has 0 saturated carbocycles. The standard InChI is InChI=1S/C16H17NO/c1-13(18)12-17-16(14-8-4-2-5-9-14)15-10-6-3-7-11-15/h2-11,16-17H,12H2,1H3. The molecule has 0 aliphatic rings. The summed E-state index contributed by atoms with van der Waals surface area (Å²) in [6.45, 7) is 1.98. The largest absolute Gasteiger partial charge is 0.299 e. The molecule has 0 saturated heterocycles. The van der Waals surface area contributed by atoms with E-state index in [0.29, 0.717) is 6.54 Å². The van der Waals surface area contributed by atoms with E-state index < -0.39 is 0 Å². The minimum absolute atomic E-state index is 0.0660. The lowest BCUT2D eigenvalue weighted by Gasteiger charge is -2.19. The van der Waals surface area contributed by atoms with Crippen LogP contribution in [0.4, 0.5) is 0 Å². The van der Waals surface area contributed by atoms with Gasteiger partial charge in [-0.25, -0.2) is 0 Å². The van der Waals surface area contributed by atoms with E-state index in [1.54, 1.807) is 6.92 Å². The van der Waals surface area contributed by atoms with E-state index in [-0.39, 0.29) is 11.8 Å². The van der Waals surface area contributed by atoms with Crippen LogP contribution >= 0.6 is 0 Å². The first kappa shape index (κ1) is 12.5. The summed E-state index contributed by atoms with van der Waals surface area (Å²) < 4.78 is 0. The number of carbonyl (C=O) groups is 1. The Hall–Kier alpha value is -1.93. The van der Waals surface area contributed by atoms with E-state index in [9.17, 15) is 4.79 Å². The minimum atomic E-state index is 0.0660. The third-order valence-electron chi connectivity index (χ3n) is 2.82. The van der Waals surface area contributed by atoms with E-state index in [1.807, 2.05) is 36.4 Å². The fraction of sp³-hybridized carbons (Fsp3) is 0.188. The van der Waals surface area contributed by atoms with Crippen LogP contribution in [0.15, 0.2) is 60.7 Å². The summed E-state index contributed by atoms with van der Waals surface area (Å²) in [5.41, 5.74) is 2.34. The molecule has 2 aromatic carbocycles. The molecular formula is C16H17NO. The number of benzene rings is 2. The van der Waals surface area contributed by atoms with Gasteiger partial charge in [-0.05, 0) is 18.1 Å². The first-order valence-corrected chi connectivity index (χ1v) is 6.10. The number of nitrogens with one attached hydrogen (secondary N) is 1. The predicted octanol–water partition coefficient (Wildman–Crippen LogP) is 2.95. The normalized spacial score (nSPS) is 10.6. The number of Topliss-reactive ketones (excluding diaryl/α,β-unsaturated/α-hetero) is 1. The molecule has 0 atom stereocenters. The molecule has 2 heteroatoms. The lowest BCUT2D eigenvalue weighted by atomic mass is 9.99. The zero-order valence-corrected chi connectivity index (χ0v) is 10.5. The molecule has 2 aromatic rings. The molecule has 0 amide bonds.